The van der Waals surface area contributed by atoms with Crippen LogP contribution in [-0.4, -0.2) is 14.5 Å². The first-order valence-electron chi connectivity index (χ1n) is 15.0. The topological polar surface area (TPSA) is 57.0 Å². The zero-order valence-electron chi connectivity index (χ0n) is 23.9. The molecule has 0 bridgehead atoms. The van der Waals surface area contributed by atoms with Crippen LogP contribution in [0.4, 0.5) is 0 Å². The van der Waals surface area contributed by atoms with E-state index in [0.717, 1.165) is 71.8 Å². The molecule has 4 heterocycles. The molecule has 0 spiro atoms. The molecule has 5 nitrogen and oxygen atoms in total. The van der Waals surface area contributed by atoms with Gasteiger partial charge in [0.2, 0.25) is 5.71 Å². The molecular weight excluding hydrogens is 554 g/mol. The smallest absolute Gasteiger partial charge is 0.231 e. The van der Waals surface area contributed by atoms with Gasteiger partial charge >= 0.3 is 0 Å². The Morgan fingerprint density at radius 1 is 0.444 bits per heavy atom. The Balaban J connectivity index is 1.24. The van der Waals surface area contributed by atoms with E-state index >= 15 is 0 Å². The molecule has 0 aliphatic heterocycles. The van der Waals surface area contributed by atoms with Gasteiger partial charge in [-0.2, -0.15) is 4.98 Å². The van der Waals surface area contributed by atoms with Crippen LogP contribution < -0.4 is 0 Å². The Morgan fingerprint density at radius 2 is 1.13 bits per heavy atom. The summed E-state index contributed by atoms with van der Waals surface area (Å²) in [7, 11) is 0. The molecule has 45 heavy (non-hydrogen) atoms. The summed E-state index contributed by atoms with van der Waals surface area (Å²) in [5, 5.41) is 6.56. The van der Waals surface area contributed by atoms with Gasteiger partial charge in [-0.05, 0) is 42.5 Å². The minimum Gasteiger partial charge on any atom is -0.456 e. The highest BCUT2D eigenvalue weighted by Crippen LogP contribution is 2.42. The van der Waals surface area contributed by atoms with Crippen molar-refractivity contribution < 1.29 is 8.83 Å². The Kier molecular flexibility index (Phi) is 4.93. The van der Waals surface area contributed by atoms with Gasteiger partial charge in [-0.3, -0.25) is 0 Å². The Labute approximate surface area is 256 Å². The second-order valence-corrected chi connectivity index (χ2v) is 11.4. The highest BCUT2D eigenvalue weighted by Gasteiger charge is 2.20. The van der Waals surface area contributed by atoms with Gasteiger partial charge in [0.25, 0.3) is 0 Å². The molecule has 0 atom stereocenters. The normalized spacial score (nSPS) is 12.0. The van der Waals surface area contributed by atoms with Gasteiger partial charge in [-0.1, -0.05) is 97.1 Å². The molecule has 0 fully saturated rings. The molecule has 0 aliphatic rings. The quantitative estimate of drug-likeness (QED) is 0.210. The summed E-state index contributed by atoms with van der Waals surface area (Å²) in [5.74, 6) is 0.617. The molecule has 0 amide bonds. The van der Waals surface area contributed by atoms with E-state index in [2.05, 4.69) is 95.6 Å². The fourth-order valence-corrected chi connectivity index (χ4v) is 6.89. The van der Waals surface area contributed by atoms with E-state index in [9.17, 15) is 0 Å². The summed E-state index contributed by atoms with van der Waals surface area (Å²) in [6.45, 7) is 0. The van der Waals surface area contributed by atoms with Crippen molar-refractivity contribution in [3.63, 3.8) is 0 Å². The number of hydrogen-bond donors (Lipinski definition) is 0. The maximum atomic E-state index is 6.30. The monoisotopic (exact) mass is 577 g/mol. The third kappa shape index (κ3) is 3.49. The summed E-state index contributed by atoms with van der Waals surface area (Å²) < 4.78 is 14.9. The molecule has 0 radical (unpaired) electrons. The zero-order chi connectivity index (χ0) is 29.5. The van der Waals surface area contributed by atoms with Gasteiger partial charge in [0.15, 0.2) is 5.82 Å². The molecule has 0 saturated carbocycles. The average molecular weight is 578 g/mol. The van der Waals surface area contributed by atoms with E-state index in [1.54, 1.807) is 0 Å². The van der Waals surface area contributed by atoms with Gasteiger partial charge in [-0.25, -0.2) is 4.98 Å². The standard InChI is InChI=1S/C40H23N3O2/c1-2-11-24(12-3-1)38-37-29-17-6-9-20-33(29)45-40(37)42-39(41-38)25-13-10-14-26(23-25)43-30-18-7-4-15-27(30)35-31(43)21-22-34-36(35)28-16-5-8-19-32(28)44-34/h1-23H. The third-order valence-electron chi connectivity index (χ3n) is 8.83. The lowest BCUT2D eigenvalue weighted by Crippen LogP contribution is -1.97. The highest BCUT2D eigenvalue weighted by atomic mass is 16.3. The van der Waals surface area contributed by atoms with Crippen molar-refractivity contribution in [3.05, 3.63) is 140 Å². The molecule has 6 aromatic carbocycles. The largest absolute Gasteiger partial charge is 0.456 e. The number of nitrogens with zero attached hydrogens (tertiary/aromatic N) is 3. The van der Waals surface area contributed by atoms with Crippen LogP contribution in [0.2, 0.25) is 0 Å². The maximum absolute atomic E-state index is 6.30. The number of furan rings is 2. The molecule has 4 aromatic heterocycles. The van der Waals surface area contributed by atoms with E-state index in [0.29, 0.717) is 11.5 Å². The second kappa shape index (κ2) is 9.15. The van der Waals surface area contributed by atoms with Gasteiger partial charge < -0.3 is 13.4 Å². The first-order chi connectivity index (χ1) is 22.3. The van der Waals surface area contributed by atoms with Crippen LogP contribution in [0, 0.1) is 0 Å². The van der Waals surface area contributed by atoms with E-state index in [4.69, 9.17) is 18.8 Å². The molecule has 0 unspecified atom stereocenters. The Bertz CT molecular complexity index is 2770. The summed E-state index contributed by atoms with van der Waals surface area (Å²) in [6.07, 6.45) is 0. The van der Waals surface area contributed by atoms with Crippen LogP contribution in [-0.2, 0) is 0 Å². The van der Waals surface area contributed by atoms with E-state index < -0.39 is 0 Å². The molecule has 0 saturated heterocycles. The first kappa shape index (κ1) is 24.3. The summed E-state index contributed by atoms with van der Waals surface area (Å²) >= 11 is 0. The average Bonchev–Trinajstić information content (AvgIpc) is 3.77. The van der Waals surface area contributed by atoms with Gasteiger partial charge in [-0.15, -0.1) is 0 Å². The molecule has 10 rings (SSSR count). The van der Waals surface area contributed by atoms with Crippen molar-refractivity contribution in [2.45, 2.75) is 0 Å². The van der Waals surface area contributed by atoms with Crippen molar-refractivity contribution in [1.29, 1.82) is 0 Å². The highest BCUT2D eigenvalue weighted by molar-refractivity contribution is 6.27. The lowest BCUT2D eigenvalue weighted by atomic mass is 10.1. The second-order valence-electron chi connectivity index (χ2n) is 11.4. The SMILES string of the molecule is c1ccc(-c2nc(-c3cccc(-n4c5ccccc5c5c6c(ccc54)oc4ccccc46)c3)nc3oc4ccccc4c23)cc1. The lowest BCUT2D eigenvalue weighted by Gasteiger charge is -2.11. The minimum absolute atomic E-state index is 0.580. The Morgan fingerprint density at radius 3 is 1.98 bits per heavy atom. The fourth-order valence-electron chi connectivity index (χ4n) is 6.89. The fraction of sp³-hybridized carbons (Fsp3) is 0. The van der Waals surface area contributed by atoms with Crippen molar-refractivity contribution in [3.8, 4) is 28.3 Å². The van der Waals surface area contributed by atoms with Gasteiger partial charge in [0.1, 0.15) is 16.7 Å². The maximum Gasteiger partial charge on any atom is 0.231 e. The van der Waals surface area contributed by atoms with Crippen LogP contribution in [0.5, 0.6) is 0 Å². The molecule has 5 heteroatoms. The van der Waals surface area contributed by atoms with Crippen LogP contribution in [0.1, 0.15) is 0 Å². The number of benzene rings is 6. The van der Waals surface area contributed by atoms with Gasteiger partial charge in [0, 0.05) is 43.7 Å². The molecule has 10 aromatic rings. The van der Waals surface area contributed by atoms with Crippen LogP contribution in [0.15, 0.2) is 148 Å². The zero-order valence-corrected chi connectivity index (χ0v) is 23.9. The van der Waals surface area contributed by atoms with Crippen LogP contribution in [0.3, 0.4) is 0 Å². The Hall–Kier alpha value is -6.20. The number of fused-ring (bicyclic) bond motifs is 10. The molecule has 0 aliphatic carbocycles. The number of hydrogen-bond acceptors (Lipinski definition) is 4. The van der Waals surface area contributed by atoms with Crippen molar-refractivity contribution in [2.24, 2.45) is 0 Å². The minimum atomic E-state index is 0.580. The predicted molar refractivity (Wildman–Crippen MR) is 182 cm³/mol. The lowest BCUT2D eigenvalue weighted by molar-refractivity contribution is 0.653. The van der Waals surface area contributed by atoms with Crippen molar-refractivity contribution in [2.75, 3.05) is 0 Å². The third-order valence-corrected chi connectivity index (χ3v) is 8.83. The molecule has 0 N–H and O–H groups in total. The summed E-state index contributed by atoms with van der Waals surface area (Å²) in [5.41, 5.74) is 9.22. The predicted octanol–water partition coefficient (Wildman–Crippen LogP) is 10.7. The number of aromatic nitrogens is 3. The van der Waals surface area contributed by atoms with Crippen molar-refractivity contribution in [1.82, 2.24) is 14.5 Å². The summed E-state index contributed by atoms with van der Waals surface area (Å²) in [4.78, 5) is 10.2. The number of rotatable bonds is 3. The first-order valence-corrected chi connectivity index (χ1v) is 15.0. The number of para-hydroxylation sites is 3. The van der Waals surface area contributed by atoms with E-state index in [-0.39, 0.29) is 0 Å². The van der Waals surface area contributed by atoms with Crippen LogP contribution in [0.25, 0.3) is 94.1 Å². The summed E-state index contributed by atoms with van der Waals surface area (Å²) in [6, 6.07) is 47.9. The molecule has 210 valence electrons. The van der Waals surface area contributed by atoms with E-state index in [1.807, 2.05) is 48.5 Å². The van der Waals surface area contributed by atoms with Crippen molar-refractivity contribution >= 4 is 65.8 Å². The van der Waals surface area contributed by atoms with E-state index in [1.165, 1.54) is 10.8 Å². The van der Waals surface area contributed by atoms with Gasteiger partial charge in [0.05, 0.1) is 22.1 Å². The molecular formula is C40H23N3O2. The van der Waals surface area contributed by atoms with Crippen LogP contribution >= 0.6 is 0 Å².